The van der Waals surface area contributed by atoms with Gasteiger partial charge in [-0.25, -0.2) is 0 Å². The van der Waals surface area contributed by atoms with Crippen molar-refractivity contribution in [2.75, 3.05) is 20.2 Å². The van der Waals surface area contributed by atoms with Crippen LogP contribution in [0.25, 0.3) is 10.7 Å². The largest absolute Gasteiger partial charge is 0.496 e. The first kappa shape index (κ1) is 19.6. The van der Waals surface area contributed by atoms with Gasteiger partial charge in [0.1, 0.15) is 5.75 Å². The second kappa shape index (κ2) is 9.19. The standard InChI is InChI=1S/C21H24N4O3S/c1-27-17-6-3-2-5-16(17)13-22-21(26)15-8-10-25(11-9-15)14-19-23-20(24-28-19)18-7-4-12-29-18/h2-7,12,15H,8-11,13-14H2,1H3,(H,22,26). The molecule has 4 rings (SSSR count). The monoisotopic (exact) mass is 412 g/mol. The highest BCUT2D eigenvalue weighted by Crippen LogP contribution is 2.23. The third-order valence-corrected chi connectivity index (χ3v) is 6.04. The Balaban J connectivity index is 1.24. The molecule has 1 N–H and O–H groups in total. The molecule has 1 saturated heterocycles. The predicted octanol–water partition coefficient (Wildman–Crippen LogP) is 3.34. The molecule has 0 aliphatic carbocycles. The number of ether oxygens (including phenoxy) is 1. The summed E-state index contributed by atoms with van der Waals surface area (Å²) in [4.78, 5) is 20.3. The van der Waals surface area contributed by atoms with Crippen LogP contribution in [0.5, 0.6) is 5.75 Å². The molecule has 1 amide bonds. The van der Waals surface area contributed by atoms with Crippen LogP contribution in [0.15, 0.2) is 46.3 Å². The first-order valence-corrected chi connectivity index (χ1v) is 10.6. The molecule has 1 aliphatic heterocycles. The lowest BCUT2D eigenvalue weighted by Crippen LogP contribution is -2.40. The lowest BCUT2D eigenvalue weighted by atomic mass is 9.96. The van der Waals surface area contributed by atoms with Crippen LogP contribution >= 0.6 is 11.3 Å². The maximum Gasteiger partial charge on any atom is 0.241 e. The van der Waals surface area contributed by atoms with E-state index >= 15 is 0 Å². The van der Waals surface area contributed by atoms with Gasteiger partial charge >= 0.3 is 0 Å². The van der Waals surface area contributed by atoms with E-state index in [1.54, 1.807) is 18.4 Å². The summed E-state index contributed by atoms with van der Waals surface area (Å²) < 4.78 is 10.7. The fraction of sp³-hybridized carbons (Fsp3) is 0.381. The van der Waals surface area contributed by atoms with Crippen molar-refractivity contribution in [2.24, 2.45) is 5.92 Å². The van der Waals surface area contributed by atoms with E-state index in [0.29, 0.717) is 24.8 Å². The number of aromatic nitrogens is 2. The summed E-state index contributed by atoms with van der Waals surface area (Å²) in [7, 11) is 1.64. The minimum Gasteiger partial charge on any atom is -0.496 e. The van der Waals surface area contributed by atoms with Crippen LogP contribution in [-0.2, 0) is 17.9 Å². The van der Waals surface area contributed by atoms with E-state index in [1.165, 1.54) is 0 Å². The molecule has 1 fully saturated rings. The molecule has 7 nitrogen and oxygen atoms in total. The number of amides is 1. The molecule has 3 heterocycles. The molecule has 29 heavy (non-hydrogen) atoms. The number of para-hydroxylation sites is 1. The lowest BCUT2D eigenvalue weighted by molar-refractivity contribution is -0.126. The highest BCUT2D eigenvalue weighted by atomic mass is 32.1. The Hall–Kier alpha value is -2.71. The van der Waals surface area contributed by atoms with Gasteiger partial charge in [-0.05, 0) is 43.4 Å². The number of piperidine rings is 1. The van der Waals surface area contributed by atoms with Gasteiger partial charge in [-0.2, -0.15) is 4.98 Å². The van der Waals surface area contributed by atoms with Gasteiger partial charge in [0.2, 0.25) is 17.6 Å². The highest BCUT2D eigenvalue weighted by molar-refractivity contribution is 7.13. The van der Waals surface area contributed by atoms with E-state index in [9.17, 15) is 4.79 Å². The molecule has 3 aromatic rings. The van der Waals surface area contributed by atoms with Crippen molar-refractivity contribution >= 4 is 17.2 Å². The second-order valence-electron chi connectivity index (χ2n) is 7.07. The second-order valence-corrected chi connectivity index (χ2v) is 8.02. The van der Waals surface area contributed by atoms with Crippen molar-refractivity contribution in [1.29, 1.82) is 0 Å². The minimum atomic E-state index is 0.0327. The number of carbonyl (C=O) groups is 1. The van der Waals surface area contributed by atoms with Crippen LogP contribution in [-0.4, -0.2) is 41.1 Å². The summed E-state index contributed by atoms with van der Waals surface area (Å²) in [6.07, 6.45) is 1.65. The average molecular weight is 413 g/mol. The van der Waals surface area contributed by atoms with Crippen LogP contribution in [0.2, 0.25) is 0 Å². The number of hydrogen-bond donors (Lipinski definition) is 1. The molecular weight excluding hydrogens is 388 g/mol. The maximum absolute atomic E-state index is 12.6. The van der Waals surface area contributed by atoms with Gasteiger partial charge in [0.25, 0.3) is 0 Å². The summed E-state index contributed by atoms with van der Waals surface area (Å²) in [5.41, 5.74) is 0.985. The fourth-order valence-corrected chi connectivity index (χ4v) is 4.19. The van der Waals surface area contributed by atoms with Crippen molar-refractivity contribution in [2.45, 2.75) is 25.9 Å². The molecule has 152 valence electrons. The normalized spacial score (nSPS) is 15.3. The van der Waals surface area contributed by atoms with E-state index in [-0.39, 0.29) is 11.8 Å². The predicted molar refractivity (Wildman–Crippen MR) is 110 cm³/mol. The smallest absolute Gasteiger partial charge is 0.241 e. The number of likely N-dealkylation sites (tertiary alicyclic amines) is 1. The molecule has 0 saturated carbocycles. The molecule has 1 aliphatic rings. The molecule has 2 aromatic heterocycles. The number of benzene rings is 1. The van der Waals surface area contributed by atoms with Crippen LogP contribution in [0.3, 0.4) is 0 Å². The lowest BCUT2D eigenvalue weighted by Gasteiger charge is -2.30. The van der Waals surface area contributed by atoms with Crippen LogP contribution in [0, 0.1) is 5.92 Å². The molecule has 1 aromatic carbocycles. The van der Waals surface area contributed by atoms with Gasteiger partial charge in [-0.15, -0.1) is 11.3 Å². The molecule has 0 atom stereocenters. The van der Waals surface area contributed by atoms with Crippen LogP contribution in [0.1, 0.15) is 24.3 Å². The number of nitrogens with zero attached hydrogens (tertiary/aromatic N) is 3. The summed E-state index contributed by atoms with van der Waals surface area (Å²) in [5, 5.41) is 9.10. The van der Waals surface area contributed by atoms with Crippen molar-refractivity contribution in [3.63, 3.8) is 0 Å². The Labute approximate surface area is 173 Å². The zero-order valence-electron chi connectivity index (χ0n) is 16.3. The summed E-state index contributed by atoms with van der Waals surface area (Å²) >= 11 is 1.59. The number of methoxy groups -OCH3 is 1. The van der Waals surface area contributed by atoms with Gasteiger partial charge in [-0.1, -0.05) is 29.4 Å². The maximum atomic E-state index is 12.6. The van der Waals surface area contributed by atoms with Gasteiger partial charge in [0.05, 0.1) is 18.5 Å². The molecular formula is C21H24N4O3S. The van der Waals surface area contributed by atoms with Gasteiger partial charge in [0.15, 0.2) is 0 Å². The van der Waals surface area contributed by atoms with E-state index in [4.69, 9.17) is 9.26 Å². The minimum absolute atomic E-state index is 0.0327. The molecule has 0 spiro atoms. The van der Waals surface area contributed by atoms with Crippen molar-refractivity contribution in [3.8, 4) is 16.5 Å². The first-order valence-electron chi connectivity index (χ1n) is 9.71. The number of thiophene rings is 1. The number of nitrogens with one attached hydrogen (secondary N) is 1. The summed E-state index contributed by atoms with van der Waals surface area (Å²) in [6.45, 7) is 2.78. The van der Waals surface area contributed by atoms with E-state index < -0.39 is 0 Å². The van der Waals surface area contributed by atoms with E-state index in [2.05, 4.69) is 20.4 Å². The Bertz CT molecular complexity index is 933. The Morgan fingerprint density at radius 2 is 2.10 bits per heavy atom. The van der Waals surface area contributed by atoms with Crippen LogP contribution in [0.4, 0.5) is 0 Å². The van der Waals surface area contributed by atoms with Crippen molar-refractivity contribution < 1.29 is 14.1 Å². The number of carbonyl (C=O) groups excluding carboxylic acids is 1. The summed E-state index contributed by atoms with van der Waals surface area (Å²) in [6, 6.07) is 11.7. The van der Waals surface area contributed by atoms with Crippen molar-refractivity contribution in [1.82, 2.24) is 20.4 Å². The SMILES string of the molecule is COc1ccccc1CNC(=O)C1CCN(Cc2nc(-c3cccs3)no2)CC1. The van der Waals surface area contributed by atoms with Gasteiger partial charge in [0, 0.05) is 18.0 Å². The Morgan fingerprint density at radius 1 is 1.28 bits per heavy atom. The number of hydrogen-bond acceptors (Lipinski definition) is 7. The van der Waals surface area contributed by atoms with E-state index in [1.807, 2.05) is 41.8 Å². The molecule has 8 heteroatoms. The fourth-order valence-electron chi connectivity index (χ4n) is 3.55. The van der Waals surface area contributed by atoms with Crippen LogP contribution < -0.4 is 10.1 Å². The Kier molecular flexibility index (Phi) is 6.21. The first-order chi connectivity index (χ1) is 14.2. The van der Waals surface area contributed by atoms with E-state index in [0.717, 1.165) is 42.1 Å². The number of rotatable bonds is 7. The van der Waals surface area contributed by atoms with Gasteiger partial charge in [-0.3, -0.25) is 9.69 Å². The topological polar surface area (TPSA) is 80.5 Å². The highest BCUT2D eigenvalue weighted by Gasteiger charge is 2.26. The van der Waals surface area contributed by atoms with Crippen molar-refractivity contribution in [3.05, 3.63) is 53.2 Å². The molecule has 0 radical (unpaired) electrons. The molecule has 0 bridgehead atoms. The third kappa shape index (κ3) is 4.83. The Morgan fingerprint density at radius 3 is 2.86 bits per heavy atom. The average Bonchev–Trinajstić information content (AvgIpc) is 3.45. The third-order valence-electron chi connectivity index (χ3n) is 5.17. The molecule has 0 unspecified atom stereocenters. The summed E-state index contributed by atoms with van der Waals surface area (Å²) in [5.74, 6) is 2.19. The quantitative estimate of drug-likeness (QED) is 0.641. The zero-order valence-corrected chi connectivity index (χ0v) is 17.2. The zero-order chi connectivity index (χ0) is 20.1. The van der Waals surface area contributed by atoms with Gasteiger partial charge < -0.3 is 14.6 Å².